The Morgan fingerprint density at radius 1 is 1.44 bits per heavy atom. The highest BCUT2D eigenvalue weighted by molar-refractivity contribution is 7.89. The highest BCUT2D eigenvalue weighted by Crippen LogP contribution is 2.13. The molecule has 0 fully saturated rings. The minimum atomic E-state index is -3.60. The Balaban J connectivity index is 3.00. The van der Waals surface area contributed by atoms with E-state index in [4.69, 9.17) is 5.14 Å². The number of primary sulfonamides is 1. The molecule has 1 aromatic heterocycles. The molecular weight excluding hydrogens is 226 g/mol. The summed E-state index contributed by atoms with van der Waals surface area (Å²) in [5.74, 6) is 0. The van der Waals surface area contributed by atoms with E-state index >= 15 is 0 Å². The molecule has 0 spiro atoms. The summed E-state index contributed by atoms with van der Waals surface area (Å²) in [4.78, 5) is 0.189. The van der Waals surface area contributed by atoms with Crippen molar-refractivity contribution in [3.8, 4) is 0 Å². The van der Waals surface area contributed by atoms with Gasteiger partial charge in [0.2, 0.25) is 10.0 Å². The first-order valence-corrected chi connectivity index (χ1v) is 6.96. The number of rotatable bonds is 6. The number of hydrogen-bond donors (Lipinski definition) is 2. The fourth-order valence-electron chi connectivity index (χ4n) is 1.53. The number of aryl methyl sites for hydroxylation is 1. The van der Waals surface area contributed by atoms with Gasteiger partial charge in [0.1, 0.15) is 0 Å². The van der Waals surface area contributed by atoms with E-state index in [0.29, 0.717) is 6.54 Å². The van der Waals surface area contributed by atoms with Gasteiger partial charge in [-0.05, 0) is 19.0 Å². The first kappa shape index (κ1) is 13.2. The largest absolute Gasteiger partial charge is 0.349 e. The summed E-state index contributed by atoms with van der Waals surface area (Å²) in [6, 6.07) is 1.63. The number of hydrogen-bond acceptors (Lipinski definition) is 3. The summed E-state index contributed by atoms with van der Waals surface area (Å²) >= 11 is 0. The smallest absolute Gasteiger partial charge is 0.239 e. The van der Waals surface area contributed by atoms with Gasteiger partial charge in [-0.3, -0.25) is 0 Å². The zero-order valence-corrected chi connectivity index (χ0v) is 10.5. The van der Waals surface area contributed by atoms with Crippen LogP contribution in [0.4, 0.5) is 0 Å². The van der Waals surface area contributed by atoms with Crippen LogP contribution < -0.4 is 10.5 Å². The van der Waals surface area contributed by atoms with E-state index in [1.54, 1.807) is 12.3 Å². The summed E-state index contributed by atoms with van der Waals surface area (Å²) in [7, 11) is -3.60. The zero-order valence-electron chi connectivity index (χ0n) is 9.73. The van der Waals surface area contributed by atoms with E-state index in [1.807, 2.05) is 18.4 Å². The summed E-state index contributed by atoms with van der Waals surface area (Å²) < 4.78 is 24.4. The first-order valence-electron chi connectivity index (χ1n) is 5.41. The molecule has 0 saturated heterocycles. The van der Waals surface area contributed by atoms with E-state index < -0.39 is 10.0 Å². The van der Waals surface area contributed by atoms with Gasteiger partial charge in [0.15, 0.2) is 0 Å². The van der Waals surface area contributed by atoms with Gasteiger partial charge in [0, 0.05) is 25.0 Å². The van der Waals surface area contributed by atoms with Crippen LogP contribution in [0.3, 0.4) is 0 Å². The maximum atomic E-state index is 11.2. The minimum Gasteiger partial charge on any atom is -0.349 e. The standard InChI is InChI=1S/C10H19N3O2S/c1-3-5-13-8-10(16(11,14)15)6-9(13)7-12-4-2/h6,8,12H,3-5,7H2,1-2H3,(H2,11,14,15). The lowest BCUT2D eigenvalue weighted by Gasteiger charge is -2.07. The normalized spacial score (nSPS) is 11.9. The molecule has 0 aliphatic rings. The Labute approximate surface area is 96.7 Å². The fourth-order valence-corrected chi connectivity index (χ4v) is 2.11. The molecule has 0 atom stereocenters. The van der Waals surface area contributed by atoms with E-state index in [0.717, 1.165) is 25.2 Å². The Morgan fingerprint density at radius 3 is 2.62 bits per heavy atom. The van der Waals surface area contributed by atoms with Gasteiger partial charge in [-0.25, -0.2) is 13.6 Å². The maximum Gasteiger partial charge on any atom is 0.239 e. The van der Waals surface area contributed by atoms with Crippen LogP contribution in [0.2, 0.25) is 0 Å². The third-order valence-electron chi connectivity index (χ3n) is 2.31. The van der Waals surface area contributed by atoms with Gasteiger partial charge < -0.3 is 9.88 Å². The summed E-state index contributed by atoms with van der Waals surface area (Å²) in [5, 5.41) is 8.27. The number of aromatic nitrogens is 1. The van der Waals surface area contributed by atoms with Crippen LogP contribution in [0.1, 0.15) is 26.0 Å². The van der Waals surface area contributed by atoms with Gasteiger partial charge in [-0.15, -0.1) is 0 Å². The zero-order chi connectivity index (χ0) is 12.2. The van der Waals surface area contributed by atoms with Crippen LogP contribution in [0, 0.1) is 0 Å². The van der Waals surface area contributed by atoms with Crippen LogP contribution in [0.15, 0.2) is 17.2 Å². The molecule has 0 bridgehead atoms. The van der Waals surface area contributed by atoms with Gasteiger partial charge >= 0.3 is 0 Å². The Kier molecular flexibility index (Phi) is 4.52. The van der Waals surface area contributed by atoms with Crippen molar-refractivity contribution in [1.29, 1.82) is 0 Å². The lowest BCUT2D eigenvalue weighted by molar-refractivity contribution is 0.595. The summed E-state index contributed by atoms with van der Waals surface area (Å²) in [6.07, 6.45) is 2.56. The molecule has 0 aliphatic heterocycles. The van der Waals surface area contributed by atoms with Crippen LogP contribution in [0.25, 0.3) is 0 Å². The van der Waals surface area contributed by atoms with Crippen LogP contribution in [-0.4, -0.2) is 19.5 Å². The van der Waals surface area contributed by atoms with Crippen molar-refractivity contribution >= 4 is 10.0 Å². The van der Waals surface area contributed by atoms with Gasteiger partial charge in [-0.1, -0.05) is 13.8 Å². The van der Waals surface area contributed by atoms with E-state index in [1.165, 1.54) is 0 Å². The average molecular weight is 245 g/mol. The van der Waals surface area contributed by atoms with Crippen molar-refractivity contribution in [2.45, 2.75) is 38.3 Å². The second kappa shape index (κ2) is 5.47. The van der Waals surface area contributed by atoms with Crippen LogP contribution in [-0.2, 0) is 23.1 Å². The van der Waals surface area contributed by atoms with Crippen LogP contribution >= 0.6 is 0 Å². The van der Waals surface area contributed by atoms with Crippen molar-refractivity contribution in [2.75, 3.05) is 6.54 Å². The first-order chi connectivity index (χ1) is 7.49. The molecule has 1 rings (SSSR count). The predicted octanol–water partition coefficient (Wildman–Crippen LogP) is 0.655. The molecule has 3 N–H and O–H groups in total. The molecular formula is C10H19N3O2S. The second-order valence-corrected chi connectivity index (χ2v) is 5.25. The molecule has 6 heteroatoms. The van der Waals surface area contributed by atoms with E-state index in [-0.39, 0.29) is 4.90 Å². The molecule has 0 unspecified atom stereocenters. The van der Waals surface area contributed by atoms with Gasteiger partial charge in [0.05, 0.1) is 4.90 Å². The third kappa shape index (κ3) is 3.33. The monoisotopic (exact) mass is 245 g/mol. The molecule has 92 valence electrons. The average Bonchev–Trinajstić information content (AvgIpc) is 2.58. The van der Waals surface area contributed by atoms with Crippen molar-refractivity contribution in [3.05, 3.63) is 18.0 Å². The fraction of sp³-hybridized carbons (Fsp3) is 0.600. The molecule has 0 radical (unpaired) electrons. The van der Waals surface area contributed by atoms with E-state index in [2.05, 4.69) is 5.32 Å². The van der Waals surface area contributed by atoms with Crippen molar-refractivity contribution in [2.24, 2.45) is 5.14 Å². The number of nitrogens with zero attached hydrogens (tertiary/aromatic N) is 1. The number of nitrogens with two attached hydrogens (primary N) is 1. The van der Waals surface area contributed by atoms with Crippen LogP contribution in [0.5, 0.6) is 0 Å². The molecule has 1 aromatic rings. The van der Waals surface area contributed by atoms with Crippen molar-refractivity contribution in [1.82, 2.24) is 9.88 Å². The van der Waals surface area contributed by atoms with Crippen molar-refractivity contribution in [3.63, 3.8) is 0 Å². The molecule has 0 saturated carbocycles. The number of sulfonamides is 1. The lowest BCUT2D eigenvalue weighted by atomic mass is 10.4. The molecule has 0 aliphatic carbocycles. The molecule has 16 heavy (non-hydrogen) atoms. The SMILES string of the molecule is CCCn1cc(S(N)(=O)=O)cc1CNCC. The second-order valence-electron chi connectivity index (χ2n) is 3.69. The molecule has 1 heterocycles. The quantitative estimate of drug-likeness (QED) is 0.772. The molecule has 0 amide bonds. The number of nitrogens with one attached hydrogen (secondary N) is 1. The van der Waals surface area contributed by atoms with Gasteiger partial charge in [-0.2, -0.15) is 0 Å². The Morgan fingerprint density at radius 2 is 2.12 bits per heavy atom. The topological polar surface area (TPSA) is 77.1 Å². The summed E-state index contributed by atoms with van der Waals surface area (Å²) in [5.41, 5.74) is 0.952. The minimum absolute atomic E-state index is 0.189. The van der Waals surface area contributed by atoms with Crippen molar-refractivity contribution < 1.29 is 8.42 Å². The maximum absolute atomic E-state index is 11.2. The summed E-state index contributed by atoms with van der Waals surface area (Å²) in [6.45, 7) is 6.37. The highest BCUT2D eigenvalue weighted by atomic mass is 32.2. The Bertz CT molecular complexity index is 437. The Hall–Kier alpha value is -0.850. The molecule has 0 aromatic carbocycles. The third-order valence-corrected chi connectivity index (χ3v) is 3.19. The highest BCUT2D eigenvalue weighted by Gasteiger charge is 2.13. The van der Waals surface area contributed by atoms with E-state index in [9.17, 15) is 8.42 Å². The predicted molar refractivity (Wildman–Crippen MR) is 63.5 cm³/mol. The van der Waals surface area contributed by atoms with Gasteiger partial charge in [0.25, 0.3) is 0 Å². The molecule has 5 nitrogen and oxygen atoms in total. The lowest BCUT2D eigenvalue weighted by Crippen LogP contribution is -2.15.